The summed E-state index contributed by atoms with van der Waals surface area (Å²) in [6, 6.07) is 9.08. The molecular formula is C19H19NO7S2. The van der Waals surface area contributed by atoms with Gasteiger partial charge in [-0.25, -0.2) is 17.9 Å². The van der Waals surface area contributed by atoms with Crippen molar-refractivity contribution in [3.8, 4) is 17.1 Å². The standard InChI is InChI=1S/C19H19NO7S2/c1-25-17-4-3-12(19(22)26-2)9-18(17)29(23,24)20-10-14(21)16-6-5-15(27-16)13-7-8-28-11-13/h3-9,11,14,20-21H,10H2,1-2H3/t14-/m0/s1. The van der Waals surface area contributed by atoms with E-state index < -0.39 is 22.1 Å². The van der Waals surface area contributed by atoms with Gasteiger partial charge in [0.1, 0.15) is 28.3 Å². The number of carbonyl (C=O) groups is 1. The van der Waals surface area contributed by atoms with Gasteiger partial charge in [0.15, 0.2) is 0 Å². The number of aliphatic hydroxyl groups excluding tert-OH is 1. The average Bonchev–Trinajstić information content (AvgIpc) is 3.42. The normalized spacial score (nSPS) is 12.5. The Balaban J connectivity index is 1.76. The first-order chi connectivity index (χ1) is 13.9. The Hall–Kier alpha value is -2.66. The molecule has 3 rings (SSSR count). The van der Waals surface area contributed by atoms with E-state index in [0.717, 1.165) is 11.6 Å². The van der Waals surface area contributed by atoms with Gasteiger partial charge in [0, 0.05) is 17.5 Å². The molecule has 2 heterocycles. The highest BCUT2D eigenvalue weighted by Gasteiger charge is 2.24. The summed E-state index contributed by atoms with van der Waals surface area (Å²) in [4.78, 5) is 11.5. The molecule has 29 heavy (non-hydrogen) atoms. The number of nitrogens with one attached hydrogen (secondary N) is 1. The summed E-state index contributed by atoms with van der Waals surface area (Å²) in [7, 11) is -1.58. The fourth-order valence-corrected chi connectivity index (χ4v) is 4.47. The monoisotopic (exact) mass is 437 g/mol. The Morgan fingerprint density at radius 3 is 2.69 bits per heavy atom. The van der Waals surface area contributed by atoms with E-state index >= 15 is 0 Å². The van der Waals surface area contributed by atoms with Crippen molar-refractivity contribution in [2.75, 3.05) is 20.8 Å². The van der Waals surface area contributed by atoms with Crippen LogP contribution in [0.5, 0.6) is 5.75 Å². The van der Waals surface area contributed by atoms with Gasteiger partial charge in [-0.2, -0.15) is 11.3 Å². The summed E-state index contributed by atoms with van der Waals surface area (Å²) in [6.07, 6.45) is -1.20. The number of furan rings is 1. The highest BCUT2D eigenvalue weighted by atomic mass is 32.2. The molecule has 0 unspecified atom stereocenters. The molecule has 0 fully saturated rings. The van der Waals surface area contributed by atoms with Crippen LogP contribution in [0.2, 0.25) is 0 Å². The molecular weight excluding hydrogens is 418 g/mol. The second kappa shape index (κ2) is 8.78. The Morgan fingerprint density at radius 2 is 2.03 bits per heavy atom. The lowest BCUT2D eigenvalue weighted by Gasteiger charge is -2.13. The zero-order valence-electron chi connectivity index (χ0n) is 15.6. The summed E-state index contributed by atoms with van der Waals surface area (Å²) in [6.45, 7) is -0.329. The van der Waals surface area contributed by atoms with Crippen LogP contribution in [0.25, 0.3) is 11.3 Å². The predicted octanol–water partition coefficient (Wildman–Crippen LogP) is 2.82. The molecule has 154 valence electrons. The second-order valence-electron chi connectivity index (χ2n) is 5.94. The van der Waals surface area contributed by atoms with E-state index in [1.165, 1.54) is 37.7 Å². The number of rotatable bonds is 8. The molecule has 0 bridgehead atoms. The lowest BCUT2D eigenvalue weighted by molar-refractivity contribution is 0.0600. The van der Waals surface area contributed by atoms with Gasteiger partial charge in [-0.15, -0.1) is 0 Å². The molecule has 0 saturated carbocycles. The number of methoxy groups -OCH3 is 2. The Bertz CT molecular complexity index is 1090. The first-order valence-corrected chi connectivity index (χ1v) is 10.8. The largest absolute Gasteiger partial charge is 0.495 e. The van der Waals surface area contributed by atoms with Gasteiger partial charge in [0.25, 0.3) is 0 Å². The van der Waals surface area contributed by atoms with Gasteiger partial charge in [-0.1, -0.05) is 0 Å². The highest BCUT2D eigenvalue weighted by molar-refractivity contribution is 7.89. The first-order valence-electron chi connectivity index (χ1n) is 8.42. The summed E-state index contributed by atoms with van der Waals surface area (Å²) >= 11 is 1.51. The average molecular weight is 437 g/mol. The molecule has 2 N–H and O–H groups in total. The van der Waals surface area contributed by atoms with E-state index in [4.69, 9.17) is 9.15 Å². The van der Waals surface area contributed by atoms with Gasteiger partial charge in [0.2, 0.25) is 10.0 Å². The molecule has 0 saturated heterocycles. The van der Waals surface area contributed by atoms with Crippen LogP contribution in [0.1, 0.15) is 22.2 Å². The lowest BCUT2D eigenvalue weighted by atomic mass is 10.2. The van der Waals surface area contributed by atoms with Crippen LogP contribution < -0.4 is 9.46 Å². The molecule has 8 nitrogen and oxygen atoms in total. The molecule has 0 spiro atoms. The van der Waals surface area contributed by atoms with Crippen molar-refractivity contribution in [2.24, 2.45) is 0 Å². The van der Waals surface area contributed by atoms with Crippen molar-refractivity contribution < 1.29 is 32.2 Å². The van der Waals surface area contributed by atoms with Gasteiger partial charge in [-0.3, -0.25) is 0 Å². The second-order valence-corrected chi connectivity index (χ2v) is 8.45. The summed E-state index contributed by atoms with van der Waals surface area (Å²) in [5, 5.41) is 14.1. The first kappa shape index (κ1) is 21.1. The number of aliphatic hydroxyl groups is 1. The van der Waals surface area contributed by atoms with Crippen molar-refractivity contribution in [3.05, 3.63) is 58.5 Å². The number of thiophene rings is 1. The van der Waals surface area contributed by atoms with Crippen molar-refractivity contribution in [3.63, 3.8) is 0 Å². The van der Waals surface area contributed by atoms with Crippen LogP contribution in [0.3, 0.4) is 0 Å². The molecule has 0 radical (unpaired) electrons. The maximum absolute atomic E-state index is 12.7. The molecule has 0 aliphatic rings. The fraction of sp³-hybridized carbons (Fsp3) is 0.211. The highest BCUT2D eigenvalue weighted by Crippen LogP contribution is 2.28. The van der Waals surface area contributed by atoms with Gasteiger partial charge in [0.05, 0.1) is 19.8 Å². The van der Waals surface area contributed by atoms with Crippen LogP contribution in [0.15, 0.2) is 56.5 Å². The topological polar surface area (TPSA) is 115 Å². The smallest absolute Gasteiger partial charge is 0.337 e. The van der Waals surface area contributed by atoms with Crippen LogP contribution in [-0.2, 0) is 14.8 Å². The molecule has 3 aromatic rings. The van der Waals surface area contributed by atoms with Gasteiger partial charge < -0.3 is 19.0 Å². The van der Waals surface area contributed by atoms with Crippen LogP contribution in [-0.4, -0.2) is 40.3 Å². The van der Waals surface area contributed by atoms with Crippen molar-refractivity contribution in [1.82, 2.24) is 4.72 Å². The quantitative estimate of drug-likeness (QED) is 0.521. The van der Waals surface area contributed by atoms with E-state index in [0.29, 0.717) is 5.76 Å². The van der Waals surface area contributed by atoms with E-state index in [2.05, 4.69) is 9.46 Å². The van der Waals surface area contributed by atoms with Crippen molar-refractivity contribution in [2.45, 2.75) is 11.0 Å². The van der Waals surface area contributed by atoms with Crippen molar-refractivity contribution >= 4 is 27.3 Å². The van der Waals surface area contributed by atoms with E-state index in [9.17, 15) is 18.3 Å². The van der Waals surface area contributed by atoms with Crippen LogP contribution in [0.4, 0.5) is 0 Å². The third-order valence-corrected chi connectivity index (χ3v) is 6.23. The van der Waals surface area contributed by atoms with Crippen LogP contribution >= 0.6 is 11.3 Å². The number of carbonyl (C=O) groups excluding carboxylic acids is 1. The Labute approximate surface area is 171 Å². The number of benzene rings is 1. The lowest BCUT2D eigenvalue weighted by Crippen LogP contribution is -2.29. The Morgan fingerprint density at radius 1 is 1.24 bits per heavy atom. The molecule has 0 aliphatic carbocycles. The summed E-state index contributed by atoms with van der Waals surface area (Å²) in [5.41, 5.74) is 0.930. The van der Waals surface area contributed by atoms with Gasteiger partial charge >= 0.3 is 5.97 Å². The SMILES string of the molecule is COC(=O)c1ccc(OC)c(S(=O)(=O)NC[C@H](O)c2ccc(-c3ccsc3)o2)c1. The van der Waals surface area contributed by atoms with E-state index in [-0.39, 0.29) is 28.5 Å². The zero-order chi connectivity index (χ0) is 21.0. The maximum atomic E-state index is 12.7. The predicted molar refractivity (Wildman–Crippen MR) is 107 cm³/mol. The summed E-state index contributed by atoms with van der Waals surface area (Å²) in [5.74, 6) is 0.179. The van der Waals surface area contributed by atoms with Gasteiger partial charge in [-0.05, 0) is 41.8 Å². The fourth-order valence-electron chi connectivity index (χ4n) is 2.59. The maximum Gasteiger partial charge on any atom is 0.337 e. The molecule has 0 aliphatic heterocycles. The molecule has 0 amide bonds. The minimum absolute atomic E-state index is 0.0531. The number of esters is 1. The summed E-state index contributed by atoms with van der Waals surface area (Å²) < 4.78 is 43.1. The third-order valence-electron chi connectivity index (χ3n) is 4.10. The van der Waals surface area contributed by atoms with E-state index in [1.54, 1.807) is 12.1 Å². The number of hydrogen-bond donors (Lipinski definition) is 2. The number of hydrogen-bond acceptors (Lipinski definition) is 8. The Kier molecular flexibility index (Phi) is 6.38. The third kappa shape index (κ3) is 4.67. The van der Waals surface area contributed by atoms with Crippen molar-refractivity contribution in [1.29, 1.82) is 0 Å². The van der Waals surface area contributed by atoms with E-state index in [1.807, 2.05) is 16.8 Å². The molecule has 1 atom stereocenters. The minimum Gasteiger partial charge on any atom is -0.495 e. The molecule has 1 aromatic carbocycles. The molecule has 10 heteroatoms. The number of ether oxygens (including phenoxy) is 2. The minimum atomic E-state index is -4.09. The molecule has 2 aromatic heterocycles. The number of sulfonamides is 1. The zero-order valence-corrected chi connectivity index (χ0v) is 17.2. The van der Waals surface area contributed by atoms with Crippen LogP contribution in [0, 0.1) is 0 Å².